The average Bonchev–Trinajstić information content (AvgIpc) is 2.51. The van der Waals surface area contributed by atoms with Crippen LogP contribution in [0.3, 0.4) is 0 Å². The average molecular weight is 352 g/mol. The monoisotopic (exact) mass is 352 g/mol. The van der Waals surface area contributed by atoms with Crippen LogP contribution in [-0.2, 0) is 4.79 Å². The second-order valence-electron chi connectivity index (χ2n) is 5.12. The van der Waals surface area contributed by atoms with Crippen LogP contribution >= 0.6 is 11.8 Å². The summed E-state index contributed by atoms with van der Waals surface area (Å²) in [6, 6.07) is 6.26. The summed E-state index contributed by atoms with van der Waals surface area (Å²) in [5.74, 6) is -2.52. The first-order chi connectivity index (χ1) is 11.3. The van der Waals surface area contributed by atoms with Gasteiger partial charge in [-0.1, -0.05) is 0 Å². The van der Waals surface area contributed by atoms with Gasteiger partial charge in [0.2, 0.25) is 5.91 Å². The minimum atomic E-state index is -0.995. The Morgan fingerprint density at radius 3 is 2.46 bits per heavy atom. The number of hydrogen-bond donors (Lipinski definition) is 1. The van der Waals surface area contributed by atoms with E-state index in [0.29, 0.717) is 4.90 Å². The number of hydrogen-bond acceptors (Lipinski definition) is 4. The number of thioether (sulfide) groups is 1. The fraction of sp³-hybridized carbons (Fsp3) is 0.188. The molecule has 0 aliphatic carbocycles. The molecule has 1 amide bonds. The quantitative estimate of drug-likeness (QED) is 0.497. The molecule has 0 saturated heterocycles. The number of anilines is 1. The molecule has 8 heteroatoms. The number of carbonyl (C=O) groups excluding carboxylic acids is 1. The van der Waals surface area contributed by atoms with E-state index in [4.69, 9.17) is 0 Å². The highest BCUT2D eigenvalue weighted by molar-refractivity contribution is 8.00. The van der Waals surface area contributed by atoms with Crippen molar-refractivity contribution < 1.29 is 18.5 Å². The third kappa shape index (κ3) is 4.29. The van der Waals surface area contributed by atoms with Gasteiger partial charge in [-0.3, -0.25) is 14.9 Å². The Morgan fingerprint density at radius 2 is 1.83 bits per heavy atom. The lowest BCUT2D eigenvalue weighted by Crippen LogP contribution is -2.15. The molecule has 0 bridgehead atoms. The molecular weight excluding hydrogens is 338 g/mol. The Hall–Kier alpha value is -2.48. The van der Waals surface area contributed by atoms with Gasteiger partial charge in [-0.2, -0.15) is 0 Å². The number of aryl methyl sites for hydroxylation is 2. The predicted molar refractivity (Wildman–Crippen MR) is 88.3 cm³/mol. The minimum Gasteiger partial charge on any atom is -0.320 e. The molecule has 0 aliphatic rings. The van der Waals surface area contributed by atoms with Crippen LogP contribution in [0.1, 0.15) is 11.1 Å². The van der Waals surface area contributed by atoms with Gasteiger partial charge < -0.3 is 5.32 Å². The van der Waals surface area contributed by atoms with E-state index in [1.807, 2.05) is 0 Å². The van der Waals surface area contributed by atoms with Crippen molar-refractivity contribution in [3.8, 4) is 0 Å². The van der Waals surface area contributed by atoms with Gasteiger partial charge in [0.25, 0.3) is 5.69 Å². The van der Waals surface area contributed by atoms with Gasteiger partial charge in [-0.15, -0.1) is 11.8 Å². The van der Waals surface area contributed by atoms with Gasteiger partial charge in [0.15, 0.2) is 11.6 Å². The summed E-state index contributed by atoms with van der Waals surface area (Å²) in [4.78, 5) is 22.9. The van der Waals surface area contributed by atoms with Crippen molar-refractivity contribution in [2.75, 3.05) is 11.1 Å². The molecule has 0 unspecified atom stereocenters. The first-order valence-corrected chi connectivity index (χ1v) is 7.90. The molecule has 0 fully saturated rings. The molecule has 5 nitrogen and oxygen atoms in total. The normalized spacial score (nSPS) is 10.5. The Morgan fingerprint density at radius 1 is 1.17 bits per heavy atom. The van der Waals surface area contributed by atoms with Crippen molar-refractivity contribution >= 4 is 29.0 Å². The lowest BCUT2D eigenvalue weighted by molar-refractivity contribution is -0.384. The van der Waals surface area contributed by atoms with Crippen LogP contribution < -0.4 is 5.32 Å². The van der Waals surface area contributed by atoms with Crippen LogP contribution in [0.4, 0.5) is 20.2 Å². The van der Waals surface area contributed by atoms with E-state index in [9.17, 15) is 23.7 Å². The van der Waals surface area contributed by atoms with E-state index in [1.165, 1.54) is 18.2 Å². The Bertz CT molecular complexity index is 812. The summed E-state index contributed by atoms with van der Waals surface area (Å²) >= 11 is 1.00. The van der Waals surface area contributed by atoms with Gasteiger partial charge in [0.05, 0.1) is 10.7 Å². The lowest BCUT2D eigenvalue weighted by atomic mass is 10.1. The van der Waals surface area contributed by atoms with Crippen molar-refractivity contribution in [2.24, 2.45) is 0 Å². The lowest BCUT2D eigenvalue weighted by Gasteiger charge is -2.09. The molecule has 2 rings (SSSR count). The highest BCUT2D eigenvalue weighted by Gasteiger charge is 2.17. The number of halogens is 2. The van der Waals surface area contributed by atoms with Gasteiger partial charge in [-0.05, 0) is 49.2 Å². The highest BCUT2D eigenvalue weighted by atomic mass is 32.2. The number of nitro benzene ring substituents is 1. The third-order valence-corrected chi connectivity index (χ3v) is 4.34. The van der Waals surface area contributed by atoms with E-state index < -0.39 is 22.5 Å². The van der Waals surface area contributed by atoms with E-state index in [-0.39, 0.29) is 17.1 Å². The molecule has 0 aromatic heterocycles. The number of rotatable bonds is 5. The van der Waals surface area contributed by atoms with Crippen LogP contribution in [0, 0.1) is 35.6 Å². The van der Waals surface area contributed by atoms with E-state index in [1.54, 1.807) is 13.8 Å². The van der Waals surface area contributed by atoms with Crippen molar-refractivity contribution in [3.05, 3.63) is 63.2 Å². The summed E-state index contributed by atoms with van der Waals surface area (Å²) in [6.45, 7) is 3.53. The maximum absolute atomic E-state index is 13.1. The summed E-state index contributed by atoms with van der Waals surface area (Å²) in [5.41, 5.74) is 1.48. The van der Waals surface area contributed by atoms with Crippen LogP contribution in [0.5, 0.6) is 0 Å². The third-order valence-electron chi connectivity index (χ3n) is 3.34. The predicted octanol–water partition coefficient (Wildman–Crippen LogP) is 4.22. The number of benzene rings is 2. The number of nitro groups is 1. The topological polar surface area (TPSA) is 72.2 Å². The molecule has 0 spiro atoms. The Kier molecular flexibility index (Phi) is 5.50. The summed E-state index contributed by atoms with van der Waals surface area (Å²) < 4.78 is 26.0. The van der Waals surface area contributed by atoms with Crippen molar-refractivity contribution in [2.45, 2.75) is 18.7 Å². The summed E-state index contributed by atoms with van der Waals surface area (Å²) in [7, 11) is 0. The molecule has 0 saturated carbocycles. The molecule has 126 valence electrons. The molecule has 0 radical (unpaired) electrons. The molecule has 0 atom stereocenters. The van der Waals surface area contributed by atoms with Crippen LogP contribution in [-0.4, -0.2) is 16.6 Å². The van der Waals surface area contributed by atoms with E-state index in [0.717, 1.165) is 35.0 Å². The van der Waals surface area contributed by atoms with Crippen LogP contribution in [0.25, 0.3) is 0 Å². The number of amides is 1. The highest BCUT2D eigenvalue weighted by Crippen LogP contribution is 2.28. The van der Waals surface area contributed by atoms with E-state index in [2.05, 4.69) is 5.32 Å². The van der Waals surface area contributed by atoms with Gasteiger partial charge >= 0.3 is 0 Å². The number of carbonyl (C=O) groups is 1. The number of nitrogens with zero attached hydrogens (tertiary/aromatic N) is 1. The molecule has 24 heavy (non-hydrogen) atoms. The van der Waals surface area contributed by atoms with Gasteiger partial charge in [0.1, 0.15) is 5.69 Å². The van der Waals surface area contributed by atoms with E-state index >= 15 is 0 Å². The zero-order valence-electron chi connectivity index (χ0n) is 12.9. The van der Waals surface area contributed by atoms with Crippen LogP contribution in [0.2, 0.25) is 0 Å². The first-order valence-electron chi connectivity index (χ1n) is 6.91. The van der Waals surface area contributed by atoms with Crippen LogP contribution in [0.15, 0.2) is 35.2 Å². The second-order valence-corrected chi connectivity index (χ2v) is 6.17. The van der Waals surface area contributed by atoms with Gasteiger partial charge in [-0.25, -0.2) is 8.78 Å². The number of nitrogens with one attached hydrogen (secondary N) is 1. The molecular formula is C16H14F2N2O3S. The fourth-order valence-electron chi connectivity index (χ4n) is 1.95. The molecule has 0 heterocycles. The first kappa shape index (κ1) is 17.9. The maximum Gasteiger partial charge on any atom is 0.293 e. The Labute approximate surface area is 141 Å². The second kappa shape index (κ2) is 7.39. The molecule has 2 aromatic carbocycles. The fourth-order valence-corrected chi connectivity index (χ4v) is 2.67. The van der Waals surface area contributed by atoms with Gasteiger partial charge in [0, 0.05) is 11.0 Å². The zero-order valence-corrected chi connectivity index (χ0v) is 13.7. The SMILES string of the molecule is Cc1cc(NC(=O)CSc2ccc(F)c(F)c2)c([N+](=O)[O-])cc1C. The van der Waals surface area contributed by atoms with Crippen molar-refractivity contribution in [1.82, 2.24) is 0 Å². The molecule has 0 aliphatic heterocycles. The maximum atomic E-state index is 13.1. The summed E-state index contributed by atoms with van der Waals surface area (Å²) in [6.07, 6.45) is 0. The zero-order chi connectivity index (χ0) is 17.9. The standard InChI is InChI=1S/C16H14F2N2O3S/c1-9-5-14(15(20(22)23)6-10(9)2)19-16(21)8-24-11-3-4-12(17)13(18)7-11/h3-7H,8H2,1-2H3,(H,19,21). The minimum absolute atomic E-state index is 0.0881. The van der Waals surface area contributed by atoms with Crippen molar-refractivity contribution in [3.63, 3.8) is 0 Å². The largest absolute Gasteiger partial charge is 0.320 e. The summed E-state index contributed by atoms with van der Waals surface area (Å²) in [5, 5.41) is 13.6. The van der Waals surface area contributed by atoms with Crippen molar-refractivity contribution in [1.29, 1.82) is 0 Å². The molecule has 1 N–H and O–H groups in total. The molecule has 2 aromatic rings. The smallest absolute Gasteiger partial charge is 0.293 e. The Balaban J connectivity index is 2.08.